The van der Waals surface area contributed by atoms with Gasteiger partial charge in [0.05, 0.1) is 119 Å². The number of ketones is 9. The number of H-pyrrole nitrogens is 5. The summed E-state index contributed by atoms with van der Waals surface area (Å²) in [7, 11) is -17.1. The molecular formula is C84H136N35O26P5. The van der Waals surface area contributed by atoms with Crippen molar-refractivity contribution in [2.24, 2.45) is 0 Å². The van der Waals surface area contributed by atoms with Crippen LogP contribution in [0.4, 0.5) is 29.7 Å². The van der Waals surface area contributed by atoms with Crippen LogP contribution in [-0.4, -0.2) is 287 Å². The molecule has 1 saturated carbocycles. The second-order valence-electron chi connectivity index (χ2n) is 35.5. The highest BCUT2D eigenvalue weighted by molar-refractivity contribution is 7.61. The number of aromatic amines is 5. The van der Waals surface area contributed by atoms with Crippen molar-refractivity contribution in [3.63, 3.8) is 0 Å². The van der Waals surface area contributed by atoms with Crippen LogP contribution in [0.25, 0.3) is 55.8 Å². The van der Waals surface area contributed by atoms with Crippen LogP contribution in [0.1, 0.15) is 157 Å². The van der Waals surface area contributed by atoms with Crippen LogP contribution < -0.4 is 107 Å². The molecule has 0 aliphatic heterocycles. The van der Waals surface area contributed by atoms with Crippen LogP contribution in [0.5, 0.6) is 0 Å². The number of carbonyl (C=O) groups is 10. The largest absolute Gasteiger partial charge is 0.461 e. The number of nitrogens with one attached hydrogen (secondary N) is 15. The van der Waals surface area contributed by atoms with E-state index in [0.29, 0.717) is 28.2 Å². The Morgan fingerprint density at radius 2 is 0.447 bits per heavy atom. The molecule has 66 heteroatoms. The molecule has 61 nitrogen and oxygen atoms in total. The predicted octanol–water partition coefficient (Wildman–Crippen LogP) is 0.913. The molecule has 10 aromatic heterocycles. The second-order valence-corrected chi connectivity index (χ2v) is 46.8. The van der Waals surface area contributed by atoms with Gasteiger partial charge in [-0.05, 0) is 157 Å². The summed E-state index contributed by atoms with van der Waals surface area (Å²) in [4.78, 5) is 228. The van der Waals surface area contributed by atoms with Crippen molar-refractivity contribution in [1.82, 2.24) is 148 Å². The number of imidazole rings is 5. The third-order valence-electron chi connectivity index (χ3n) is 22.7. The lowest BCUT2D eigenvalue weighted by molar-refractivity contribution is -0.150. The highest BCUT2D eigenvalue weighted by Gasteiger charge is 2.37. The van der Waals surface area contributed by atoms with Gasteiger partial charge in [0.25, 0.3) is 27.8 Å². The van der Waals surface area contributed by atoms with Crippen molar-refractivity contribution < 1.29 is 99.2 Å². The SMILES string of the molecule is CC(=O)[C@H](C)NP(=O)(COCCn1cnc2c(=O)[nH]c(N)nc21)N[C@@H](C)C(=O)OC1CCCC1.CC(=O)[C@H](C)NP(=O)(COCCn1cnc2c(=O)[nH]c(N)nc21)N[C@@H](C)C(C)=O.CC(=O)[C@H](C)NP(=O)(COCCn1cnc2c(=O)[nH]c(N)nc21)N[C@@H](C)C(C)=O.CC(=O)[C@H](C)NP(=O)(COCCn1cnc2c(=O)[nH]c(N)nc21)N[C@H](C)C(C)=O.CC(=O)[C@H](C)NP(=O)(COCCn1cnc2c(=O)[nH]c(N)nc21)N[C@H](C)C(C)=O. The molecule has 3 unspecified atom stereocenters. The summed E-state index contributed by atoms with van der Waals surface area (Å²) in [6.45, 7) is 30.2. The van der Waals surface area contributed by atoms with Crippen LogP contribution >= 0.6 is 37.2 Å². The molecule has 0 bridgehead atoms. The lowest BCUT2D eigenvalue weighted by Gasteiger charge is -2.26. The first kappa shape index (κ1) is 125. The monoisotopic (exact) mass is 2210 g/mol. The zero-order valence-electron chi connectivity index (χ0n) is 86.6. The number of esters is 1. The van der Waals surface area contributed by atoms with Gasteiger partial charge in [-0.25, -0.2) is 75.8 Å². The standard InChI is InChI=1S/C20H32N7O6P.4C16H26N7O5P/c1-12(14(3)28)25-34(31,26-13(2)19(30)33-15-6-4-5-7-15)11-32-9-8-27-10-22-16-17(27)23-20(21)24-18(16)29;4*1-9(11(3)24)21-29(27,22-10(2)12(4)25)8-28-6-5-23-7-18-13-14(23)19-16(17)20-15(13)26/h10,12-13,15H,4-9,11H2,1-3H3,(H2,25,26,31)(H3,21,23,24,29);4*7,9-10H,5-6,8H2,1-4H3,(H2,21,22,27)(H3,17,19,20,26)/t12-,13-,34?;2*9-,10+,29?;2*9-,10-/m0..00/s1. The van der Waals surface area contributed by atoms with E-state index in [2.05, 4.69) is 126 Å². The maximum Gasteiger partial charge on any atom is 0.323 e. The zero-order chi connectivity index (χ0) is 112. The average Bonchev–Trinajstić information content (AvgIpc) is 1.67. The Balaban J connectivity index is 0.000000254. The number of Topliss-reactive ketones (excluding diaryl/α,β-unsaturated/α-hetero) is 9. The van der Waals surface area contributed by atoms with Crippen molar-refractivity contribution in [2.45, 2.75) is 256 Å². The highest BCUT2D eigenvalue weighted by atomic mass is 31.2. The smallest absolute Gasteiger partial charge is 0.323 e. The van der Waals surface area contributed by atoms with Gasteiger partial charge >= 0.3 is 5.97 Å². The number of nitrogen functional groups attached to an aromatic ring is 5. The third-order valence-corrected chi connectivity index (χ3v) is 33.4. The molecular weight excluding hydrogens is 2070 g/mol. The topological polar surface area (TPSA) is 880 Å². The molecule has 1 aliphatic rings. The van der Waals surface area contributed by atoms with E-state index in [4.69, 9.17) is 57.1 Å². The van der Waals surface area contributed by atoms with Crippen LogP contribution in [0.3, 0.4) is 0 Å². The molecule has 11 rings (SSSR count). The zero-order valence-corrected chi connectivity index (χ0v) is 91.1. The lowest BCUT2D eigenvalue weighted by Crippen LogP contribution is -2.42. The van der Waals surface area contributed by atoms with Gasteiger partial charge in [0, 0.05) is 32.7 Å². The number of carbonyl (C=O) groups excluding carboxylic acids is 10. The van der Waals surface area contributed by atoms with E-state index in [-0.39, 0.29) is 213 Å². The van der Waals surface area contributed by atoms with E-state index in [1.54, 1.807) is 92.1 Å². The molecule has 0 radical (unpaired) electrons. The number of anilines is 5. The Bertz CT molecular complexity index is 6280. The minimum absolute atomic E-state index is 0.0282. The molecule has 0 amide bonds. The van der Waals surface area contributed by atoms with Crippen LogP contribution in [0.2, 0.25) is 0 Å². The first-order chi connectivity index (χ1) is 70.2. The maximum atomic E-state index is 13.5. The van der Waals surface area contributed by atoms with Crippen LogP contribution in [-0.2, 0) is 132 Å². The summed E-state index contributed by atoms with van der Waals surface area (Å²) in [5, 5.41) is 27.5. The number of hydrogen-bond acceptors (Lipinski definition) is 41. The first-order valence-electron chi connectivity index (χ1n) is 47.1. The number of aromatic nitrogens is 20. The molecule has 10 heterocycles. The van der Waals surface area contributed by atoms with Gasteiger partial charge in [0.15, 0.2) is 55.8 Å². The number of nitrogens with two attached hydrogens (primary N) is 5. The van der Waals surface area contributed by atoms with Gasteiger partial charge in [-0.3, -0.25) is 120 Å². The lowest BCUT2D eigenvalue weighted by atomic mass is 10.3. The van der Waals surface area contributed by atoms with E-state index in [1.807, 2.05) is 0 Å². The van der Waals surface area contributed by atoms with Gasteiger partial charge in [0.1, 0.15) is 95.9 Å². The Morgan fingerprint density at radius 3 is 0.600 bits per heavy atom. The summed E-state index contributed by atoms with van der Waals surface area (Å²) in [6, 6.07) is -6.96. The third kappa shape index (κ3) is 38.3. The van der Waals surface area contributed by atoms with Crippen molar-refractivity contribution in [3.8, 4) is 0 Å². The molecule has 0 aromatic carbocycles. The Labute approximate surface area is 857 Å². The minimum atomic E-state index is -3.51. The van der Waals surface area contributed by atoms with Crippen molar-refractivity contribution in [3.05, 3.63) is 83.4 Å². The van der Waals surface area contributed by atoms with Gasteiger partial charge in [-0.2, -0.15) is 24.9 Å². The number of rotatable bonds is 56. The fourth-order valence-corrected chi connectivity index (χ4v) is 24.3. The van der Waals surface area contributed by atoms with Crippen LogP contribution in [0.15, 0.2) is 55.6 Å². The molecule has 0 spiro atoms. The van der Waals surface area contributed by atoms with Crippen molar-refractivity contribution >= 4 is 181 Å². The Hall–Kier alpha value is -12.2. The summed E-state index contributed by atoms with van der Waals surface area (Å²) in [5.41, 5.74) is 27.9. The summed E-state index contributed by atoms with van der Waals surface area (Å²) < 4.78 is 107. The summed E-state index contributed by atoms with van der Waals surface area (Å²) >= 11 is 0. The highest BCUT2D eigenvalue weighted by Crippen LogP contribution is 2.42. The number of nitrogens with zero attached hydrogens (tertiary/aromatic N) is 15. The van der Waals surface area contributed by atoms with E-state index in [9.17, 15) is 94.7 Å². The minimum Gasteiger partial charge on any atom is -0.461 e. The van der Waals surface area contributed by atoms with Gasteiger partial charge in [-0.1, -0.05) is 0 Å². The number of ether oxygens (including phenoxy) is 6. The summed E-state index contributed by atoms with van der Waals surface area (Å²) in [6.07, 6.45) is 9.48. The van der Waals surface area contributed by atoms with E-state index in [1.165, 1.54) is 94.0 Å². The van der Waals surface area contributed by atoms with E-state index < -0.39 is 131 Å². The van der Waals surface area contributed by atoms with Gasteiger partial charge in [-0.15, -0.1) is 0 Å². The Morgan fingerprint density at radius 1 is 0.293 bits per heavy atom. The average molecular weight is 2210 g/mol. The van der Waals surface area contributed by atoms with E-state index in [0.717, 1.165) is 25.7 Å². The molecule has 10 aromatic rings. The fraction of sp³-hybridized carbons (Fsp3) is 0.583. The number of hydrogen-bond donors (Lipinski definition) is 20. The van der Waals surface area contributed by atoms with Crippen molar-refractivity contribution in [1.29, 1.82) is 0 Å². The van der Waals surface area contributed by atoms with Gasteiger partial charge < -0.3 is 79.9 Å². The van der Waals surface area contributed by atoms with E-state index >= 15 is 0 Å². The normalized spacial score (nSPS) is 15.6. The fourth-order valence-electron chi connectivity index (χ4n) is 13.3. The molecule has 13 atom stereocenters. The quantitative estimate of drug-likeness (QED) is 0.0143. The molecule has 1 aliphatic carbocycles. The summed E-state index contributed by atoms with van der Waals surface area (Å²) in [5.74, 6) is -2.40. The molecule has 1 fully saturated rings. The first-order valence-corrected chi connectivity index (χ1v) is 56.5. The Kier molecular flexibility index (Phi) is 47.2. The maximum absolute atomic E-state index is 13.5. The number of fused-ring (bicyclic) bond motifs is 5. The molecule has 828 valence electrons. The molecule has 150 heavy (non-hydrogen) atoms. The predicted molar refractivity (Wildman–Crippen MR) is 555 cm³/mol. The van der Waals surface area contributed by atoms with Crippen LogP contribution in [0, 0.1) is 0 Å². The molecule has 0 saturated heterocycles. The van der Waals surface area contributed by atoms with Crippen molar-refractivity contribution in [2.75, 3.05) is 93.4 Å². The molecule has 25 N–H and O–H groups in total. The second kappa shape index (κ2) is 56.8. The van der Waals surface area contributed by atoms with Gasteiger partial charge in [0.2, 0.25) is 67.0 Å².